The maximum absolute atomic E-state index is 6.03. The maximum Gasteiger partial charge on any atom is 0.0710 e. The summed E-state index contributed by atoms with van der Waals surface area (Å²) in [7, 11) is 1.82. The van der Waals surface area contributed by atoms with Crippen LogP contribution < -0.4 is 5.73 Å². The Bertz CT molecular complexity index is 223. The molecular weight excluding hydrogens is 224 g/mol. The third kappa shape index (κ3) is 4.52. The number of nitrogens with zero attached hydrogens (tertiary/aromatic N) is 1. The average molecular weight is 256 g/mol. The summed E-state index contributed by atoms with van der Waals surface area (Å²) in [6.45, 7) is 7.54. The summed E-state index contributed by atoms with van der Waals surface area (Å²) < 4.78 is 5.46. The molecule has 0 aromatic heterocycles. The summed E-state index contributed by atoms with van der Waals surface area (Å²) in [5, 5.41) is 0. The Morgan fingerprint density at radius 3 is 2.56 bits per heavy atom. The molecule has 1 rings (SSSR count). The molecule has 0 aliphatic carbocycles. The topological polar surface area (TPSA) is 38.5 Å². The minimum absolute atomic E-state index is 0.180. The zero-order valence-electron chi connectivity index (χ0n) is 12.6. The molecule has 2 N–H and O–H groups in total. The van der Waals surface area contributed by atoms with Gasteiger partial charge in [0.05, 0.1) is 6.10 Å². The predicted molar refractivity (Wildman–Crippen MR) is 77.8 cm³/mol. The van der Waals surface area contributed by atoms with E-state index >= 15 is 0 Å². The van der Waals surface area contributed by atoms with Gasteiger partial charge in [-0.05, 0) is 19.8 Å². The molecule has 0 aromatic rings. The largest absolute Gasteiger partial charge is 0.380 e. The van der Waals surface area contributed by atoms with Gasteiger partial charge in [-0.1, -0.05) is 39.0 Å². The van der Waals surface area contributed by atoms with Crippen LogP contribution in [0.4, 0.5) is 0 Å². The Kier molecular flexibility index (Phi) is 7.20. The molecule has 0 aromatic carbocycles. The second-order valence-corrected chi connectivity index (χ2v) is 5.96. The first-order chi connectivity index (χ1) is 8.66. The molecule has 1 fully saturated rings. The zero-order valence-corrected chi connectivity index (χ0v) is 12.6. The molecule has 0 spiro atoms. The van der Waals surface area contributed by atoms with Crippen LogP contribution in [0.2, 0.25) is 0 Å². The molecule has 0 saturated carbocycles. The standard InChI is InChI=1S/C15H32N2O/c1-4-5-6-7-8-10-15(2,13-16)17-11-9-14(12-17)18-3/h14H,4-13,16H2,1-3H3. The van der Waals surface area contributed by atoms with Crippen molar-refractivity contribution in [3.63, 3.8) is 0 Å². The van der Waals surface area contributed by atoms with Crippen molar-refractivity contribution in [2.24, 2.45) is 5.73 Å². The lowest BCUT2D eigenvalue weighted by Crippen LogP contribution is -2.50. The fourth-order valence-electron chi connectivity index (χ4n) is 2.91. The van der Waals surface area contributed by atoms with E-state index in [0.29, 0.717) is 6.10 Å². The van der Waals surface area contributed by atoms with Gasteiger partial charge in [-0.3, -0.25) is 4.90 Å². The SMILES string of the molecule is CCCCCCCC(C)(CN)N1CCC(OC)C1. The fourth-order valence-corrected chi connectivity index (χ4v) is 2.91. The van der Waals surface area contributed by atoms with E-state index in [1.165, 1.54) is 38.5 Å². The lowest BCUT2D eigenvalue weighted by Gasteiger charge is -2.38. The molecule has 1 aliphatic heterocycles. The van der Waals surface area contributed by atoms with Crippen LogP contribution >= 0.6 is 0 Å². The smallest absolute Gasteiger partial charge is 0.0710 e. The fraction of sp³-hybridized carbons (Fsp3) is 1.00. The highest BCUT2D eigenvalue weighted by atomic mass is 16.5. The van der Waals surface area contributed by atoms with Gasteiger partial charge >= 0.3 is 0 Å². The maximum atomic E-state index is 6.03. The number of methoxy groups -OCH3 is 1. The Labute approximate surface area is 113 Å². The van der Waals surface area contributed by atoms with Crippen molar-refractivity contribution in [3.8, 4) is 0 Å². The first-order valence-corrected chi connectivity index (χ1v) is 7.64. The van der Waals surface area contributed by atoms with Gasteiger partial charge in [0.2, 0.25) is 0 Å². The van der Waals surface area contributed by atoms with Gasteiger partial charge in [0, 0.05) is 32.3 Å². The molecule has 0 bridgehead atoms. The lowest BCUT2D eigenvalue weighted by molar-refractivity contribution is 0.0755. The van der Waals surface area contributed by atoms with E-state index < -0.39 is 0 Å². The van der Waals surface area contributed by atoms with Crippen LogP contribution in [0.1, 0.15) is 58.8 Å². The first kappa shape index (κ1) is 15.9. The van der Waals surface area contributed by atoms with Crippen LogP contribution in [-0.2, 0) is 4.74 Å². The van der Waals surface area contributed by atoms with Crippen LogP contribution in [0.15, 0.2) is 0 Å². The minimum atomic E-state index is 0.180. The van der Waals surface area contributed by atoms with Gasteiger partial charge in [0.1, 0.15) is 0 Å². The quantitative estimate of drug-likeness (QED) is 0.645. The van der Waals surface area contributed by atoms with Crippen LogP contribution in [0.5, 0.6) is 0 Å². The van der Waals surface area contributed by atoms with Crippen molar-refractivity contribution in [2.75, 3.05) is 26.7 Å². The van der Waals surface area contributed by atoms with Gasteiger partial charge in [-0.2, -0.15) is 0 Å². The van der Waals surface area contributed by atoms with Gasteiger partial charge in [-0.25, -0.2) is 0 Å². The van der Waals surface area contributed by atoms with Crippen LogP contribution in [0, 0.1) is 0 Å². The van der Waals surface area contributed by atoms with E-state index in [9.17, 15) is 0 Å². The summed E-state index contributed by atoms with van der Waals surface area (Å²) in [4.78, 5) is 2.54. The van der Waals surface area contributed by atoms with Crippen LogP contribution in [0.25, 0.3) is 0 Å². The number of likely N-dealkylation sites (tertiary alicyclic amines) is 1. The number of hydrogen-bond donors (Lipinski definition) is 1. The molecule has 2 atom stereocenters. The summed E-state index contributed by atoms with van der Waals surface area (Å²) in [5.74, 6) is 0. The normalized spacial score (nSPS) is 24.3. The third-order valence-electron chi connectivity index (χ3n) is 4.50. The van der Waals surface area contributed by atoms with E-state index in [4.69, 9.17) is 10.5 Å². The number of unbranched alkanes of at least 4 members (excludes halogenated alkanes) is 4. The van der Waals surface area contributed by atoms with Gasteiger partial charge < -0.3 is 10.5 Å². The number of nitrogens with two attached hydrogens (primary N) is 1. The predicted octanol–water partition coefficient (Wildman–Crippen LogP) is 2.79. The Morgan fingerprint density at radius 1 is 1.28 bits per heavy atom. The van der Waals surface area contributed by atoms with Gasteiger partial charge in [0.25, 0.3) is 0 Å². The molecule has 0 amide bonds. The molecular formula is C15H32N2O. The molecule has 0 radical (unpaired) electrons. The summed E-state index contributed by atoms with van der Waals surface area (Å²) >= 11 is 0. The molecule has 3 heteroatoms. The molecule has 108 valence electrons. The summed E-state index contributed by atoms with van der Waals surface area (Å²) in [6.07, 6.45) is 9.51. The number of hydrogen-bond acceptors (Lipinski definition) is 3. The first-order valence-electron chi connectivity index (χ1n) is 7.64. The Balaban J connectivity index is 2.32. The monoisotopic (exact) mass is 256 g/mol. The van der Waals surface area contributed by atoms with E-state index in [1.807, 2.05) is 7.11 Å². The second-order valence-electron chi connectivity index (χ2n) is 5.96. The molecule has 18 heavy (non-hydrogen) atoms. The van der Waals surface area contributed by atoms with Crippen LogP contribution in [0.3, 0.4) is 0 Å². The molecule has 1 aliphatic rings. The zero-order chi connectivity index (χ0) is 13.4. The van der Waals surface area contributed by atoms with Crippen LogP contribution in [-0.4, -0.2) is 43.3 Å². The van der Waals surface area contributed by atoms with E-state index in [1.54, 1.807) is 0 Å². The van der Waals surface area contributed by atoms with Crippen molar-refractivity contribution in [1.82, 2.24) is 4.90 Å². The second kappa shape index (κ2) is 8.13. The molecule has 1 heterocycles. The third-order valence-corrected chi connectivity index (χ3v) is 4.50. The van der Waals surface area contributed by atoms with Gasteiger partial charge in [-0.15, -0.1) is 0 Å². The highest BCUT2D eigenvalue weighted by Crippen LogP contribution is 2.27. The van der Waals surface area contributed by atoms with E-state index in [0.717, 1.165) is 26.1 Å². The van der Waals surface area contributed by atoms with Gasteiger partial charge in [0.15, 0.2) is 0 Å². The lowest BCUT2D eigenvalue weighted by atomic mass is 9.92. The van der Waals surface area contributed by atoms with Crippen molar-refractivity contribution >= 4 is 0 Å². The summed E-state index contributed by atoms with van der Waals surface area (Å²) in [5.41, 5.74) is 6.21. The van der Waals surface area contributed by atoms with Crippen molar-refractivity contribution in [3.05, 3.63) is 0 Å². The van der Waals surface area contributed by atoms with E-state index in [2.05, 4.69) is 18.7 Å². The van der Waals surface area contributed by atoms with Crippen molar-refractivity contribution in [2.45, 2.75) is 70.4 Å². The summed E-state index contributed by atoms with van der Waals surface area (Å²) in [6, 6.07) is 0. The highest BCUT2D eigenvalue weighted by Gasteiger charge is 2.35. The number of rotatable bonds is 9. The molecule has 1 saturated heterocycles. The number of ether oxygens (including phenoxy) is 1. The van der Waals surface area contributed by atoms with E-state index in [-0.39, 0.29) is 5.54 Å². The highest BCUT2D eigenvalue weighted by molar-refractivity contribution is 4.92. The average Bonchev–Trinajstić information content (AvgIpc) is 2.87. The molecule has 3 nitrogen and oxygen atoms in total. The Morgan fingerprint density at radius 2 is 2.00 bits per heavy atom. The minimum Gasteiger partial charge on any atom is -0.380 e. The van der Waals surface area contributed by atoms with Crippen molar-refractivity contribution < 1.29 is 4.74 Å². The van der Waals surface area contributed by atoms with Crippen molar-refractivity contribution in [1.29, 1.82) is 0 Å². The Hall–Kier alpha value is -0.120. The molecule has 2 unspecified atom stereocenters.